The Hall–Kier alpha value is -4.05. The summed E-state index contributed by atoms with van der Waals surface area (Å²) in [7, 11) is 0. The van der Waals surface area contributed by atoms with Gasteiger partial charge in [0.15, 0.2) is 0 Å². The van der Waals surface area contributed by atoms with Gasteiger partial charge >= 0.3 is 6.18 Å². The van der Waals surface area contributed by atoms with Gasteiger partial charge in [0, 0.05) is 53.6 Å². The summed E-state index contributed by atoms with van der Waals surface area (Å²) in [6.45, 7) is 2.79. The summed E-state index contributed by atoms with van der Waals surface area (Å²) >= 11 is 0. The van der Waals surface area contributed by atoms with E-state index in [1.165, 1.54) is 6.20 Å². The number of nitrogens with zero attached hydrogens (tertiary/aromatic N) is 2. The molecule has 0 spiro atoms. The summed E-state index contributed by atoms with van der Waals surface area (Å²) in [6.07, 6.45) is -0.703. The number of aromatic nitrogens is 2. The number of H-pyrrole nitrogens is 1. The minimum Gasteiger partial charge on any atom is -0.393 e. The van der Waals surface area contributed by atoms with Gasteiger partial charge in [0.25, 0.3) is 5.91 Å². The summed E-state index contributed by atoms with van der Waals surface area (Å²) < 4.78 is 41.0. The third-order valence-electron chi connectivity index (χ3n) is 6.51. The number of pyridine rings is 1. The highest BCUT2D eigenvalue weighted by molar-refractivity contribution is 6.06. The smallest absolute Gasteiger partial charge is 0.393 e. The lowest BCUT2D eigenvalue weighted by molar-refractivity contribution is -0.137. The van der Waals surface area contributed by atoms with Gasteiger partial charge in [-0.05, 0) is 67.8 Å². The molecule has 10 heteroatoms. The van der Waals surface area contributed by atoms with Crippen molar-refractivity contribution in [3.63, 3.8) is 0 Å². The van der Waals surface area contributed by atoms with Gasteiger partial charge in [-0.2, -0.15) is 13.2 Å². The minimum absolute atomic E-state index is 0.277. The van der Waals surface area contributed by atoms with E-state index in [2.05, 4.69) is 20.6 Å². The first-order valence-corrected chi connectivity index (χ1v) is 11.9. The fraction of sp³-hybridized carbons (Fsp3) is 0.259. The number of aliphatic hydroxyl groups is 1. The topological polar surface area (TPSA) is 93.3 Å². The first-order chi connectivity index (χ1) is 17.7. The number of hydrogen-bond donors (Lipinski definition) is 4. The maximum absolute atomic E-state index is 13.7. The molecule has 1 saturated heterocycles. The number of hydrogen-bond acceptors (Lipinski definition) is 5. The maximum atomic E-state index is 13.7. The molecule has 2 aromatic heterocycles. The molecule has 192 valence electrons. The van der Waals surface area contributed by atoms with E-state index >= 15 is 0 Å². The minimum atomic E-state index is -4.51. The Morgan fingerprint density at radius 1 is 1.08 bits per heavy atom. The number of halogens is 3. The van der Waals surface area contributed by atoms with E-state index in [1.807, 2.05) is 17.9 Å². The van der Waals surface area contributed by atoms with E-state index in [-0.39, 0.29) is 11.6 Å². The number of aromatic amines is 1. The monoisotopic (exact) mass is 509 g/mol. The van der Waals surface area contributed by atoms with Gasteiger partial charge in [-0.25, -0.2) is 4.98 Å². The average molecular weight is 510 g/mol. The molecule has 5 rings (SSSR count). The first kappa shape index (κ1) is 24.6. The Morgan fingerprint density at radius 2 is 1.86 bits per heavy atom. The van der Waals surface area contributed by atoms with E-state index in [4.69, 9.17) is 0 Å². The number of fused-ring (bicyclic) bond motifs is 1. The van der Waals surface area contributed by atoms with E-state index < -0.39 is 17.8 Å². The second-order valence-corrected chi connectivity index (χ2v) is 9.23. The van der Waals surface area contributed by atoms with Gasteiger partial charge in [-0.3, -0.25) is 4.79 Å². The van der Waals surface area contributed by atoms with Crippen molar-refractivity contribution in [1.82, 2.24) is 9.97 Å². The van der Waals surface area contributed by atoms with Crippen molar-refractivity contribution in [2.24, 2.45) is 0 Å². The fourth-order valence-electron chi connectivity index (χ4n) is 4.41. The molecule has 4 N–H and O–H groups in total. The molecule has 0 saturated carbocycles. The van der Waals surface area contributed by atoms with Crippen LogP contribution in [0.5, 0.6) is 0 Å². The number of nitrogens with one attached hydrogen (secondary N) is 3. The predicted molar refractivity (Wildman–Crippen MR) is 137 cm³/mol. The van der Waals surface area contributed by atoms with Crippen LogP contribution in [0.2, 0.25) is 0 Å². The molecular formula is C27H26F3N5O2. The Balaban J connectivity index is 1.39. The molecule has 4 aromatic rings. The third kappa shape index (κ3) is 5.54. The molecule has 0 atom stereocenters. The van der Waals surface area contributed by atoms with Crippen molar-refractivity contribution < 1.29 is 23.1 Å². The predicted octanol–water partition coefficient (Wildman–Crippen LogP) is 5.85. The summed E-state index contributed by atoms with van der Waals surface area (Å²) in [6, 6.07) is 12.6. The molecule has 0 aliphatic carbocycles. The van der Waals surface area contributed by atoms with Crippen LogP contribution in [0.1, 0.15) is 34.3 Å². The molecule has 1 fully saturated rings. The molecule has 2 aromatic carbocycles. The Bertz CT molecular complexity index is 1440. The van der Waals surface area contributed by atoms with Crippen LogP contribution >= 0.6 is 0 Å². The largest absolute Gasteiger partial charge is 0.416 e. The zero-order valence-electron chi connectivity index (χ0n) is 20.1. The number of aryl methyl sites for hydroxylation is 1. The number of piperidine rings is 1. The van der Waals surface area contributed by atoms with Gasteiger partial charge in [0.05, 0.1) is 17.2 Å². The zero-order chi connectivity index (χ0) is 26.2. The van der Waals surface area contributed by atoms with E-state index in [9.17, 15) is 23.1 Å². The first-order valence-electron chi connectivity index (χ1n) is 11.9. The third-order valence-corrected chi connectivity index (χ3v) is 6.51. The van der Waals surface area contributed by atoms with Gasteiger partial charge in [-0.1, -0.05) is 6.07 Å². The SMILES string of the molecule is Cc1ccc(Nc2cc(N3CCC(O)CC3)cc(C(F)(F)F)c2)cc1NC(=O)c1cnc2[nH]ccc2c1. The second-order valence-electron chi connectivity index (χ2n) is 9.23. The number of aliphatic hydroxyl groups excluding tert-OH is 1. The van der Waals surface area contributed by atoms with Crippen LogP contribution in [0.15, 0.2) is 60.9 Å². The highest BCUT2D eigenvalue weighted by atomic mass is 19.4. The van der Waals surface area contributed by atoms with Gasteiger partial charge in [-0.15, -0.1) is 0 Å². The molecule has 1 aliphatic rings. The van der Waals surface area contributed by atoms with Gasteiger partial charge in [0.2, 0.25) is 0 Å². The Kier molecular flexibility index (Phi) is 6.51. The fourth-order valence-corrected chi connectivity index (χ4v) is 4.41. The standard InChI is InChI=1S/C27H26F3N5O2/c1-16-2-3-20(14-24(16)34-26(37)18-10-17-4-7-31-25(17)32-15-18)33-21-11-19(27(28,29)30)12-22(13-21)35-8-5-23(36)6-9-35/h2-4,7,10-15,23,33,36H,5-6,8-9H2,1H3,(H,31,32)(H,34,37). The van der Waals surface area contributed by atoms with Crippen molar-refractivity contribution in [3.05, 3.63) is 77.6 Å². The summed E-state index contributed by atoms with van der Waals surface area (Å²) in [5.41, 5.74) is 2.88. The molecule has 37 heavy (non-hydrogen) atoms. The molecule has 1 aliphatic heterocycles. The normalized spacial score (nSPS) is 14.7. The number of rotatable bonds is 5. The number of amides is 1. The second kappa shape index (κ2) is 9.78. The highest BCUT2D eigenvalue weighted by Crippen LogP contribution is 2.36. The molecule has 1 amide bonds. The molecular weight excluding hydrogens is 483 g/mol. The van der Waals surface area contributed by atoms with Crippen LogP contribution in [0, 0.1) is 6.92 Å². The van der Waals surface area contributed by atoms with E-state index in [0.29, 0.717) is 54.2 Å². The van der Waals surface area contributed by atoms with E-state index in [0.717, 1.165) is 23.1 Å². The number of carbonyl (C=O) groups is 1. The van der Waals surface area contributed by atoms with Crippen LogP contribution in [-0.2, 0) is 6.18 Å². The molecule has 0 unspecified atom stereocenters. The van der Waals surface area contributed by atoms with Gasteiger partial charge < -0.3 is 25.6 Å². The summed E-state index contributed by atoms with van der Waals surface area (Å²) in [5.74, 6) is -0.343. The quantitative estimate of drug-likeness (QED) is 0.271. The molecule has 3 heterocycles. The lowest BCUT2D eigenvalue weighted by Crippen LogP contribution is -2.35. The van der Waals surface area contributed by atoms with Crippen LogP contribution < -0.4 is 15.5 Å². The van der Waals surface area contributed by atoms with Crippen molar-refractivity contribution in [3.8, 4) is 0 Å². The van der Waals surface area contributed by atoms with Crippen molar-refractivity contribution in [2.45, 2.75) is 32.0 Å². The lowest BCUT2D eigenvalue weighted by Gasteiger charge is -2.32. The van der Waals surface area contributed by atoms with Crippen LogP contribution in [0.3, 0.4) is 0 Å². The Labute approximate surface area is 211 Å². The zero-order valence-corrected chi connectivity index (χ0v) is 20.1. The van der Waals surface area contributed by atoms with Crippen molar-refractivity contribution >= 4 is 39.7 Å². The number of anilines is 4. The lowest BCUT2D eigenvalue weighted by atomic mass is 10.1. The molecule has 0 radical (unpaired) electrons. The van der Waals surface area contributed by atoms with Crippen LogP contribution in [0.4, 0.5) is 35.9 Å². The van der Waals surface area contributed by atoms with E-state index in [1.54, 1.807) is 36.5 Å². The molecule has 0 bridgehead atoms. The molecule has 7 nitrogen and oxygen atoms in total. The Morgan fingerprint density at radius 3 is 2.62 bits per heavy atom. The summed E-state index contributed by atoms with van der Waals surface area (Å²) in [4.78, 5) is 21.9. The van der Waals surface area contributed by atoms with Crippen LogP contribution in [-0.4, -0.2) is 40.2 Å². The van der Waals surface area contributed by atoms with Crippen molar-refractivity contribution in [2.75, 3.05) is 28.6 Å². The number of carbonyl (C=O) groups excluding carboxylic acids is 1. The van der Waals surface area contributed by atoms with Crippen LogP contribution in [0.25, 0.3) is 11.0 Å². The number of benzene rings is 2. The summed E-state index contributed by atoms with van der Waals surface area (Å²) in [5, 5.41) is 16.5. The number of alkyl halides is 3. The van der Waals surface area contributed by atoms with Crippen molar-refractivity contribution in [1.29, 1.82) is 0 Å². The van der Waals surface area contributed by atoms with Gasteiger partial charge in [0.1, 0.15) is 5.65 Å². The highest BCUT2D eigenvalue weighted by Gasteiger charge is 2.32. The average Bonchev–Trinajstić information content (AvgIpc) is 3.34. The maximum Gasteiger partial charge on any atom is 0.416 e.